The fourth-order valence-corrected chi connectivity index (χ4v) is 16.9. The zero-order valence-electron chi connectivity index (χ0n) is 74.1. The third-order valence-electron chi connectivity index (χ3n) is 23.3. The number of likely N-dealkylation sites (N-methyl/N-ethyl adjacent to an activating group) is 2. The predicted molar refractivity (Wildman–Crippen MR) is 502 cm³/mol. The van der Waals surface area contributed by atoms with E-state index in [-0.39, 0.29) is 112 Å². The SMILES string of the molecule is COC(=O)CCOCCN(C)c1cc(COc2cc3c(cc2OC)C(=O)N2c4ccccc4C[C@H]2C=N3)cc(COc2cc3c(cc2OC)C(=O)N2c4ccccc4C[C@H]2C=N3)c1.COc1cc2c(cc1OCc1cc(COc3cc4c(cc3OC)C(=O)N3c5ccccc5C[C@H]3C=N4)cc(N(C)CCOCCC(=O)O)c1)N=C[C@@H]1Cc3ccccc3N1C2=O.O.[CH3][Sn]([CH3])[CH3]. The summed E-state index contributed by atoms with van der Waals surface area (Å²) in [5.74, 6) is 1.50. The van der Waals surface area contributed by atoms with E-state index in [4.69, 9.17) is 77.2 Å². The second-order valence-electron chi connectivity index (χ2n) is 32.7. The van der Waals surface area contributed by atoms with Crippen LogP contribution < -0.4 is 67.3 Å². The van der Waals surface area contributed by atoms with Gasteiger partial charge in [0.25, 0.3) is 23.6 Å². The first-order valence-corrected chi connectivity index (χ1v) is 51.3. The topological polar surface area (TPSA) is 325 Å². The van der Waals surface area contributed by atoms with Crippen LogP contribution in [0.5, 0.6) is 46.0 Å². The van der Waals surface area contributed by atoms with Gasteiger partial charge >= 0.3 is 46.5 Å². The molecule has 0 spiro atoms. The number of carboxylic acid groups (broad SMARTS) is 1. The molecule has 4 atom stereocenters. The molecule has 0 fully saturated rings. The normalized spacial score (nSPS) is 16.2. The van der Waals surface area contributed by atoms with Gasteiger partial charge < -0.3 is 72.5 Å². The van der Waals surface area contributed by atoms with Crippen LogP contribution in [0, 0.1) is 0 Å². The van der Waals surface area contributed by atoms with Gasteiger partial charge in [-0.05, 0) is 129 Å². The Morgan fingerprint density at radius 2 is 0.638 bits per heavy atom. The van der Waals surface area contributed by atoms with Crippen molar-refractivity contribution in [3.05, 3.63) is 249 Å². The number of aliphatic imine (C=N–C) groups is 4. The van der Waals surface area contributed by atoms with Gasteiger partial charge in [0.2, 0.25) is 0 Å². The van der Waals surface area contributed by atoms with Crippen molar-refractivity contribution in [3.8, 4) is 46.0 Å². The molecule has 0 bridgehead atoms. The van der Waals surface area contributed by atoms with Gasteiger partial charge in [-0.25, -0.2) is 0 Å². The number of aliphatic carboxylic acids is 1. The van der Waals surface area contributed by atoms with Crippen molar-refractivity contribution in [3.63, 3.8) is 0 Å². The summed E-state index contributed by atoms with van der Waals surface area (Å²) in [5.41, 5.74) is 16.7. The van der Waals surface area contributed by atoms with E-state index in [2.05, 4.69) is 14.8 Å². The number of methoxy groups -OCH3 is 5. The van der Waals surface area contributed by atoms with Crippen LogP contribution in [0.4, 0.5) is 56.9 Å². The maximum atomic E-state index is 14.0. The van der Waals surface area contributed by atoms with Crippen molar-refractivity contribution in [2.75, 3.05) is 119 Å². The molecule has 30 heteroatoms. The first kappa shape index (κ1) is 91.1. The van der Waals surface area contributed by atoms with E-state index in [1.54, 1.807) is 82.4 Å². The predicted octanol–water partition coefficient (Wildman–Crippen LogP) is 15.4. The van der Waals surface area contributed by atoms with Crippen molar-refractivity contribution in [1.29, 1.82) is 0 Å². The first-order chi connectivity index (χ1) is 62.6. The van der Waals surface area contributed by atoms with Gasteiger partial charge in [0.15, 0.2) is 46.0 Å². The summed E-state index contributed by atoms with van der Waals surface area (Å²) in [6.45, 7) is 2.67. The van der Waals surface area contributed by atoms with Gasteiger partial charge in [-0.1, -0.05) is 72.8 Å². The van der Waals surface area contributed by atoms with Gasteiger partial charge in [-0.2, -0.15) is 0 Å². The summed E-state index contributed by atoms with van der Waals surface area (Å²) >= 11 is -0.543. The summed E-state index contributed by atoms with van der Waals surface area (Å²) in [6.07, 6.45) is 10.2. The van der Waals surface area contributed by atoms with Crippen molar-refractivity contribution in [1.82, 2.24) is 0 Å². The number of carbonyl (C=O) groups is 6. The molecule has 3 N–H and O–H groups in total. The van der Waals surface area contributed by atoms with Gasteiger partial charge in [-0.3, -0.25) is 68.3 Å². The quantitative estimate of drug-likeness (QED) is 0.0248. The third-order valence-corrected chi connectivity index (χ3v) is 23.3. The van der Waals surface area contributed by atoms with E-state index in [9.17, 15) is 28.8 Å². The Morgan fingerprint density at radius 3 is 0.892 bits per heavy atom. The molecule has 10 aromatic carbocycles. The average molecular weight is 1870 g/mol. The Morgan fingerprint density at radius 1 is 0.377 bits per heavy atom. The van der Waals surface area contributed by atoms with Gasteiger partial charge in [-0.15, -0.1) is 0 Å². The molecule has 10 aromatic rings. The van der Waals surface area contributed by atoms with E-state index >= 15 is 0 Å². The number of carbonyl (C=O) groups excluding carboxylic acids is 5. The van der Waals surface area contributed by atoms with Crippen LogP contribution in [0.2, 0.25) is 14.8 Å². The van der Waals surface area contributed by atoms with Crippen LogP contribution in [0.3, 0.4) is 0 Å². The van der Waals surface area contributed by atoms with Crippen LogP contribution in [0.1, 0.15) is 98.8 Å². The molecule has 130 heavy (non-hydrogen) atoms. The fraction of sp³-hybridized carbons (Fsp3) is 0.300. The molecule has 0 saturated carbocycles. The summed E-state index contributed by atoms with van der Waals surface area (Å²) in [4.78, 5) is 116. The van der Waals surface area contributed by atoms with Crippen LogP contribution in [0.15, 0.2) is 202 Å². The van der Waals surface area contributed by atoms with E-state index in [0.29, 0.717) is 143 Å². The summed E-state index contributed by atoms with van der Waals surface area (Å²) in [5, 5.41) is 9.01. The number of anilines is 6. The second kappa shape index (κ2) is 40.8. The molecule has 0 saturated heterocycles. The molecule has 0 unspecified atom stereocenters. The number of para-hydroxylation sites is 4. The molecule has 18 rings (SSSR count). The minimum atomic E-state index is -0.915. The molecule has 8 heterocycles. The van der Waals surface area contributed by atoms with E-state index in [0.717, 1.165) is 78.6 Å². The number of carboxylic acids is 1. The average Bonchev–Trinajstić information content (AvgIpc) is 1.62. The first-order valence-electron chi connectivity index (χ1n) is 42.8. The molecule has 4 amide bonds. The van der Waals surface area contributed by atoms with Crippen LogP contribution in [0.25, 0.3) is 0 Å². The fourth-order valence-electron chi connectivity index (χ4n) is 16.9. The number of rotatable bonds is 30. The number of amides is 4. The Balaban J connectivity index is 0.000000190. The zero-order chi connectivity index (χ0) is 90.1. The molecule has 0 aromatic heterocycles. The molecule has 671 valence electrons. The summed E-state index contributed by atoms with van der Waals surface area (Å²) < 4.78 is 64.9. The third kappa shape index (κ3) is 19.8. The Labute approximate surface area is 761 Å². The number of benzene rings is 10. The Kier molecular flexibility index (Phi) is 28.6. The van der Waals surface area contributed by atoms with Crippen molar-refractivity contribution >= 4 is 137 Å². The molecule has 8 aliphatic rings. The van der Waals surface area contributed by atoms with Crippen molar-refractivity contribution in [2.24, 2.45) is 20.0 Å². The van der Waals surface area contributed by atoms with Crippen LogP contribution in [-0.2, 0) is 75.9 Å². The molecular formula is C100H103N10O19Sn. The summed E-state index contributed by atoms with van der Waals surface area (Å²) in [6, 6.07) is 56.7. The number of hydrogen-bond acceptors (Lipinski definition) is 23. The standard InChI is InChI=1S/C49H47N5O9.C48H45N5O9.3CH3.H2O.Sn/c1-52(14-16-61-15-13-47(55)60-4)34-18-30(28-62-45-24-39-37(22-43(45)58-2)48(56)53-35(26-50-39)20-32-9-5-7-11-41(32)53)17-31(19-34)29-63-46-25-40-38(23-44(46)59-3)49(57)54-36(27-51-40)21-33-10-6-8-12-42(33)54;1-51(13-15-60-14-12-46(54)55)33-17-29(27-61-44-23-38-36(21-42(44)58-2)47(56)52-34(25-49-38)19-31-8-4-6-10-40(31)52)16-30(18-33)28-62-45-24-39-37(22-43(45)59-3)48(57)53-35(26-50-39)20-32-9-5-7-11-41(32)53;;;;;/h5-12,17-19,22-27,35-36H,13-16,20-21,28-29H2,1-4H3;4-11,16-18,21-26,34-35H,12-15,19-20,27-28H2,1-3H3,(H,54,55);3*1H3;1H2;/t35-,36-;34-,35-;;;;;/m00...../s1. The monoisotopic (exact) mass is 1870 g/mol. The number of ether oxygens (including phenoxy) is 11. The van der Waals surface area contributed by atoms with Gasteiger partial charge in [0.1, 0.15) is 26.4 Å². The number of hydrogen-bond donors (Lipinski definition) is 1. The van der Waals surface area contributed by atoms with Crippen LogP contribution in [-0.4, -0.2) is 204 Å². The Bertz CT molecular complexity index is 5770. The van der Waals surface area contributed by atoms with Gasteiger partial charge in [0, 0.05) is 136 Å². The molecule has 0 aliphatic carbocycles. The van der Waals surface area contributed by atoms with Crippen LogP contribution >= 0.6 is 0 Å². The number of esters is 1. The molecular weight excluding hydrogens is 1760 g/mol. The minimum absolute atomic E-state index is 0. The van der Waals surface area contributed by atoms with E-state index in [1.807, 2.05) is 182 Å². The van der Waals surface area contributed by atoms with Crippen molar-refractivity contribution < 1.29 is 91.5 Å². The van der Waals surface area contributed by atoms with Gasteiger partial charge in [0.05, 0.1) is 144 Å². The molecule has 29 nitrogen and oxygen atoms in total. The Hall–Kier alpha value is -13.6. The van der Waals surface area contributed by atoms with Crippen molar-refractivity contribution in [2.45, 2.75) is 104 Å². The number of nitrogens with zero attached hydrogens (tertiary/aromatic N) is 10. The van der Waals surface area contributed by atoms with E-state index < -0.39 is 25.7 Å². The summed E-state index contributed by atoms with van der Waals surface area (Å²) in [7, 11) is 11.4. The molecule has 1 radical (unpaired) electrons. The maximum absolute atomic E-state index is 14.0. The molecule has 8 aliphatic heterocycles. The zero-order valence-corrected chi connectivity index (χ0v) is 77.0. The second-order valence-corrected chi connectivity index (χ2v) is 41.3. The number of fused-ring (bicyclic) bond motifs is 16. The van der Waals surface area contributed by atoms with E-state index in [1.165, 1.54) is 21.3 Å².